The topological polar surface area (TPSA) is 71.9 Å². The minimum Gasteiger partial charge on any atom is -0.492 e. The highest BCUT2D eigenvalue weighted by Gasteiger charge is 2.39. The summed E-state index contributed by atoms with van der Waals surface area (Å²) in [6.07, 6.45) is 13.9. The molecule has 7 heteroatoms. The maximum atomic E-state index is 10.8. The Kier molecular flexibility index (Phi) is 7.68. The number of pyridine rings is 1. The quantitative estimate of drug-likeness (QED) is 0.716. The molecule has 162 valence electrons. The average molecular weight is 423 g/mol. The first-order valence-corrected chi connectivity index (χ1v) is 10.8. The molecular weight excluding hydrogens is 388 g/mol. The van der Waals surface area contributed by atoms with Crippen molar-refractivity contribution in [3.05, 3.63) is 18.5 Å². The fraction of sp³-hybridized carbons (Fsp3) is 0.727. The lowest BCUT2D eigenvalue weighted by molar-refractivity contribution is -0.137. The van der Waals surface area contributed by atoms with Gasteiger partial charge in [0, 0.05) is 25.6 Å². The second-order valence-corrected chi connectivity index (χ2v) is 8.86. The molecule has 1 aromatic heterocycles. The molecule has 1 aromatic rings. The van der Waals surface area contributed by atoms with Crippen molar-refractivity contribution in [2.45, 2.75) is 63.9 Å². The minimum atomic E-state index is -0.774. The molecular formula is C22H34N2O4S. The summed E-state index contributed by atoms with van der Waals surface area (Å²) in [7, 11) is 0. The van der Waals surface area contributed by atoms with Gasteiger partial charge in [-0.25, -0.2) is 0 Å². The van der Waals surface area contributed by atoms with Crippen LogP contribution in [-0.2, 0) is 9.53 Å². The largest absolute Gasteiger partial charge is 0.492 e. The molecule has 0 amide bonds. The first-order valence-electron chi connectivity index (χ1n) is 10.8. The molecule has 1 N–H and O–H groups in total. The van der Waals surface area contributed by atoms with E-state index < -0.39 is 5.97 Å². The molecule has 2 aliphatic carbocycles. The Balaban J connectivity index is 0.00000240. The van der Waals surface area contributed by atoms with E-state index in [2.05, 4.69) is 16.0 Å². The number of nitrogens with zero attached hydrogens (tertiary/aromatic N) is 2. The fourth-order valence-electron chi connectivity index (χ4n) is 4.92. The van der Waals surface area contributed by atoms with Crippen molar-refractivity contribution in [2.24, 2.45) is 11.3 Å². The highest BCUT2D eigenvalue weighted by atomic mass is 32.1. The third kappa shape index (κ3) is 5.79. The number of hydrogen-bond donors (Lipinski definition) is 1. The molecule has 4 rings (SSSR count). The van der Waals surface area contributed by atoms with Crippen LogP contribution >= 0.6 is 13.5 Å². The van der Waals surface area contributed by atoms with Crippen molar-refractivity contribution in [3.8, 4) is 5.75 Å². The van der Waals surface area contributed by atoms with E-state index in [-0.39, 0.29) is 26.0 Å². The number of morpholine rings is 1. The Morgan fingerprint density at radius 3 is 2.76 bits per heavy atom. The molecule has 6 nitrogen and oxygen atoms in total. The highest BCUT2D eigenvalue weighted by molar-refractivity contribution is 7.59. The highest BCUT2D eigenvalue weighted by Crippen LogP contribution is 2.52. The van der Waals surface area contributed by atoms with Gasteiger partial charge in [-0.2, -0.15) is 13.5 Å². The summed E-state index contributed by atoms with van der Waals surface area (Å²) in [6, 6.07) is 2.06. The number of aromatic nitrogens is 1. The van der Waals surface area contributed by atoms with Gasteiger partial charge in [-0.3, -0.25) is 9.78 Å². The molecule has 2 heterocycles. The molecule has 0 bridgehead atoms. The molecule has 0 aromatic carbocycles. The van der Waals surface area contributed by atoms with Gasteiger partial charge in [0.05, 0.1) is 37.4 Å². The molecule has 2 saturated carbocycles. The van der Waals surface area contributed by atoms with Gasteiger partial charge in [-0.15, -0.1) is 0 Å². The van der Waals surface area contributed by atoms with Gasteiger partial charge in [0.2, 0.25) is 0 Å². The molecule has 0 radical (unpaired) electrons. The summed E-state index contributed by atoms with van der Waals surface area (Å²) in [5, 5.41) is 8.88. The van der Waals surface area contributed by atoms with Gasteiger partial charge in [-0.1, -0.05) is 6.42 Å². The molecule has 1 spiro atoms. The number of anilines is 1. The zero-order chi connectivity index (χ0) is 19.4. The Bertz CT molecular complexity index is 673. The lowest BCUT2D eigenvalue weighted by Crippen LogP contribution is -2.42. The molecule has 1 atom stereocenters. The number of carboxylic acids is 1. The van der Waals surface area contributed by atoms with E-state index in [1.54, 1.807) is 6.20 Å². The van der Waals surface area contributed by atoms with Crippen LogP contribution in [0.15, 0.2) is 18.5 Å². The molecule has 3 aliphatic rings. The number of hydrogen-bond acceptors (Lipinski definition) is 5. The zero-order valence-corrected chi connectivity index (χ0v) is 18.1. The van der Waals surface area contributed by atoms with Crippen molar-refractivity contribution in [1.29, 1.82) is 0 Å². The van der Waals surface area contributed by atoms with Gasteiger partial charge in [0.25, 0.3) is 0 Å². The third-order valence-electron chi connectivity index (χ3n) is 6.95. The van der Waals surface area contributed by atoms with E-state index in [0.717, 1.165) is 24.6 Å². The Labute approximate surface area is 180 Å². The Morgan fingerprint density at radius 2 is 2.07 bits per heavy atom. The first kappa shape index (κ1) is 22.2. The summed E-state index contributed by atoms with van der Waals surface area (Å²) in [5.41, 5.74) is 1.73. The van der Waals surface area contributed by atoms with Crippen LogP contribution in [0, 0.1) is 11.3 Å². The number of rotatable bonds is 7. The molecule has 1 aliphatic heterocycles. The lowest BCUT2D eigenvalue weighted by Gasteiger charge is -2.47. The Hall–Kier alpha value is -1.47. The summed E-state index contributed by atoms with van der Waals surface area (Å²) >= 11 is 0. The van der Waals surface area contributed by atoms with Crippen LogP contribution in [0.4, 0.5) is 5.69 Å². The smallest absolute Gasteiger partial charge is 0.303 e. The lowest BCUT2D eigenvalue weighted by atomic mass is 9.59. The predicted molar refractivity (Wildman–Crippen MR) is 117 cm³/mol. The van der Waals surface area contributed by atoms with E-state index >= 15 is 0 Å². The third-order valence-corrected chi connectivity index (χ3v) is 6.95. The fourth-order valence-corrected chi connectivity index (χ4v) is 4.92. The maximum absolute atomic E-state index is 10.8. The number of ether oxygens (including phenoxy) is 2. The first-order chi connectivity index (χ1) is 13.6. The monoisotopic (exact) mass is 422 g/mol. The van der Waals surface area contributed by atoms with Crippen molar-refractivity contribution in [3.63, 3.8) is 0 Å². The Morgan fingerprint density at radius 1 is 1.28 bits per heavy atom. The van der Waals surface area contributed by atoms with Gasteiger partial charge in [0.1, 0.15) is 5.75 Å². The van der Waals surface area contributed by atoms with Gasteiger partial charge in [0.15, 0.2) is 0 Å². The van der Waals surface area contributed by atoms with Crippen LogP contribution in [0.1, 0.15) is 57.8 Å². The van der Waals surface area contributed by atoms with E-state index in [0.29, 0.717) is 30.9 Å². The maximum Gasteiger partial charge on any atom is 0.303 e. The van der Waals surface area contributed by atoms with Crippen LogP contribution in [0.3, 0.4) is 0 Å². The average Bonchev–Trinajstić information content (AvgIpc) is 2.70. The predicted octanol–water partition coefficient (Wildman–Crippen LogP) is 4.00. The number of carboxylic acid groups (broad SMARTS) is 1. The standard InChI is InChI=1S/C22H32N2O4.H2S/c25-21(26)3-2-19-15-24(10-11-27-19)18-12-20(14-23-13-18)28-16-17-4-8-22(9-5-17)6-1-7-22;/h12-14,17,19H,1-11,15-16H2,(H,25,26);1H2/t19-;/m0./s1. The summed E-state index contributed by atoms with van der Waals surface area (Å²) in [4.78, 5) is 17.4. The van der Waals surface area contributed by atoms with E-state index in [4.69, 9.17) is 14.6 Å². The van der Waals surface area contributed by atoms with E-state index in [1.165, 1.54) is 44.9 Å². The SMILES string of the molecule is O=C(O)CC[C@H]1CN(c2cncc(OCC3CCC4(CCC4)CC3)c2)CCO1.S. The van der Waals surface area contributed by atoms with Crippen molar-refractivity contribution in [1.82, 2.24) is 4.98 Å². The molecule has 1 saturated heterocycles. The van der Waals surface area contributed by atoms with Gasteiger partial charge >= 0.3 is 5.97 Å². The second kappa shape index (κ2) is 10.0. The molecule has 0 unspecified atom stereocenters. The van der Waals surface area contributed by atoms with Gasteiger partial charge in [-0.05, 0) is 56.3 Å². The van der Waals surface area contributed by atoms with Crippen molar-refractivity contribution < 1.29 is 19.4 Å². The number of carbonyl (C=O) groups is 1. The normalized spacial score (nSPS) is 23.9. The summed E-state index contributed by atoms with van der Waals surface area (Å²) in [5.74, 6) is 0.720. The summed E-state index contributed by atoms with van der Waals surface area (Å²) < 4.78 is 11.8. The van der Waals surface area contributed by atoms with E-state index in [9.17, 15) is 4.79 Å². The van der Waals surface area contributed by atoms with Crippen molar-refractivity contribution in [2.75, 3.05) is 31.2 Å². The number of aliphatic carboxylic acids is 1. The van der Waals surface area contributed by atoms with Crippen LogP contribution < -0.4 is 9.64 Å². The summed E-state index contributed by atoms with van der Waals surface area (Å²) in [6.45, 7) is 2.88. The molecule has 29 heavy (non-hydrogen) atoms. The van der Waals surface area contributed by atoms with Crippen molar-refractivity contribution >= 4 is 25.2 Å². The zero-order valence-electron chi connectivity index (χ0n) is 17.1. The van der Waals surface area contributed by atoms with Crippen LogP contribution in [0.2, 0.25) is 0 Å². The van der Waals surface area contributed by atoms with Crippen LogP contribution in [-0.4, -0.2) is 48.5 Å². The van der Waals surface area contributed by atoms with Gasteiger partial charge < -0.3 is 19.5 Å². The van der Waals surface area contributed by atoms with Crippen LogP contribution in [0.25, 0.3) is 0 Å². The minimum absolute atomic E-state index is 0. The molecule has 3 fully saturated rings. The van der Waals surface area contributed by atoms with E-state index in [1.807, 2.05) is 6.20 Å². The second-order valence-electron chi connectivity index (χ2n) is 8.86. The van der Waals surface area contributed by atoms with Crippen LogP contribution in [0.5, 0.6) is 5.75 Å².